The zero-order chi connectivity index (χ0) is 9.35. The number of carboxylic acid groups (broad SMARTS) is 1. The number of rotatable bonds is 1. The second kappa shape index (κ2) is 3.95. The Morgan fingerprint density at radius 3 is 2.54 bits per heavy atom. The van der Waals surface area contributed by atoms with E-state index in [9.17, 15) is 4.79 Å². The lowest BCUT2D eigenvalue weighted by molar-refractivity contribution is -0.141. The fourth-order valence-corrected chi connectivity index (χ4v) is 1.66. The standard InChI is InChI=1S/C10H16O2.CH4/c1-7-4-5-10(2,3)6-8(7)9(11)12;/h4,8H,5-6H2,1-3H3,(H,11,12);1H4/t8-;/m1./s1. The van der Waals surface area contributed by atoms with Gasteiger partial charge in [0.2, 0.25) is 0 Å². The second-order valence-corrected chi connectivity index (χ2v) is 4.41. The fraction of sp³-hybridized carbons (Fsp3) is 0.727. The first-order valence-corrected chi connectivity index (χ1v) is 4.32. The zero-order valence-electron chi connectivity index (χ0n) is 7.92. The first kappa shape index (κ1) is 12.2. The maximum atomic E-state index is 10.8. The number of hydrogen-bond donors (Lipinski definition) is 1. The van der Waals surface area contributed by atoms with Crippen LogP contribution in [0.15, 0.2) is 11.6 Å². The highest BCUT2D eigenvalue weighted by atomic mass is 16.4. The van der Waals surface area contributed by atoms with Crippen molar-refractivity contribution in [1.29, 1.82) is 0 Å². The van der Waals surface area contributed by atoms with Crippen LogP contribution in [-0.2, 0) is 4.79 Å². The van der Waals surface area contributed by atoms with Crippen molar-refractivity contribution in [3.8, 4) is 0 Å². The molecule has 0 heterocycles. The number of carboxylic acids is 1. The van der Waals surface area contributed by atoms with Gasteiger partial charge < -0.3 is 5.11 Å². The minimum absolute atomic E-state index is 0. The van der Waals surface area contributed by atoms with Crippen molar-refractivity contribution in [2.24, 2.45) is 11.3 Å². The Morgan fingerprint density at radius 2 is 2.15 bits per heavy atom. The SMILES string of the molecule is C.CC1=CCC(C)(C)C[C@H]1C(=O)O. The summed E-state index contributed by atoms with van der Waals surface area (Å²) < 4.78 is 0. The summed E-state index contributed by atoms with van der Waals surface area (Å²) in [6.07, 6.45) is 3.83. The van der Waals surface area contributed by atoms with Gasteiger partial charge in [-0.2, -0.15) is 0 Å². The predicted molar refractivity (Wildman–Crippen MR) is 54.6 cm³/mol. The van der Waals surface area contributed by atoms with Crippen LogP contribution in [0.4, 0.5) is 0 Å². The first-order valence-electron chi connectivity index (χ1n) is 4.32. The lowest BCUT2D eigenvalue weighted by Crippen LogP contribution is -2.27. The third-order valence-corrected chi connectivity index (χ3v) is 2.58. The zero-order valence-corrected chi connectivity index (χ0v) is 7.92. The molecule has 1 N–H and O–H groups in total. The van der Waals surface area contributed by atoms with Crippen molar-refractivity contribution in [2.45, 2.75) is 41.0 Å². The van der Waals surface area contributed by atoms with E-state index >= 15 is 0 Å². The van der Waals surface area contributed by atoms with Gasteiger partial charge in [0.05, 0.1) is 5.92 Å². The van der Waals surface area contributed by atoms with Crippen LogP contribution >= 0.6 is 0 Å². The highest BCUT2D eigenvalue weighted by Gasteiger charge is 2.31. The summed E-state index contributed by atoms with van der Waals surface area (Å²) in [6.45, 7) is 6.14. The Morgan fingerprint density at radius 1 is 1.62 bits per heavy atom. The summed E-state index contributed by atoms with van der Waals surface area (Å²) >= 11 is 0. The number of hydrogen-bond acceptors (Lipinski definition) is 1. The quantitative estimate of drug-likeness (QED) is 0.636. The van der Waals surface area contributed by atoms with Crippen molar-refractivity contribution in [3.05, 3.63) is 11.6 Å². The highest BCUT2D eigenvalue weighted by Crippen LogP contribution is 2.37. The molecule has 0 aliphatic heterocycles. The third-order valence-electron chi connectivity index (χ3n) is 2.58. The van der Waals surface area contributed by atoms with E-state index < -0.39 is 5.97 Å². The number of aliphatic carboxylic acids is 1. The van der Waals surface area contributed by atoms with Crippen molar-refractivity contribution in [2.75, 3.05) is 0 Å². The van der Waals surface area contributed by atoms with E-state index in [0.717, 1.165) is 18.4 Å². The van der Waals surface area contributed by atoms with Gasteiger partial charge in [-0.3, -0.25) is 4.79 Å². The Hall–Kier alpha value is -0.790. The van der Waals surface area contributed by atoms with Gasteiger partial charge in [0.1, 0.15) is 0 Å². The molecule has 1 rings (SSSR count). The number of allylic oxidation sites excluding steroid dienone is 1. The van der Waals surface area contributed by atoms with Crippen LogP contribution in [0.2, 0.25) is 0 Å². The molecule has 0 saturated carbocycles. The maximum absolute atomic E-state index is 10.8. The average Bonchev–Trinajstić information content (AvgIpc) is 1.94. The molecule has 1 atom stereocenters. The van der Waals surface area contributed by atoms with Crippen molar-refractivity contribution in [3.63, 3.8) is 0 Å². The average molecular weight is 184 g/mol. The molecule has 2 heteroatoms. The molecule has 1 aliphatic rings. The van der Waals surface area contributed by atoms with E-state index in [-0.39, 0.29) is 18.8 Å². The molecule has 0 bridgehead atoms. The summed E-state index contributed by atoms with van der Waals surface area (Å²) in [4.78, 5) is 10.8. The van der Waals surface area contributed by atoms with Gasteiger partial charge in [-0.15, -0.1) is 0 Å². The minimum Gasteiger partial charge on any atom is -0.481 e. The lowest BCUT2D eigenvalue weighted by atomic mass is 9.73. The summed E-state index contributed by atoms with van der Waals surface area (Å²) in [5.41, 5.74) is 1.17. The molecule has 0 amide bonds. The highest BCUT2D eigenvalue weighted by molar-refractivity contribution is 5.73. The van der Waals surface area contributed by atoms with Crippen LogP contribution in [0.25, 0.3) is 0 Å². The maximum Gasteiger partial charge on any atom is 0.310 e. The molecule has 0 aromatic rings. The molecule has 0 radical (unpaired) electrons. The van der Waals surface area contributed by atoms with Crippen molar-refractivity contribution in [1.82, 2.24) is 0 Å². The minimum atomic E-state index is -0.684. The van der Waals surface area contributed by atoms with E-state index in [2.05, 4.69) is 19.9 Å². The molecule has 76 valence electrons. The summed E-state index contributed by atoms with van der Waals surface area (Å²) in [6, 6.07) is 0. The van der Waals surface area contributed by atoms with E-state index in [1.165, 1.54) is 0 Å². The summed E-state index contributed by atoms with van der Waals surface area (Å²) in [5.74, 6) is -0.940. The normalized spacial score (nSPS) is 25.8. The molecular formula is C11H20O2. The largest absolute Gasteiger partial charge is 0.481 e. The van der Waals surface area contributed by atoms with Gasteiger partial charge in [0.15, 0.2) is 0 Å². The molecule has 0 aromatic carbocycles. The molecule has 0 spiro atoms. The van der Waals surface area contributed by atoms with Crippen LogP contribution in [-0.4, -0.2) is 11.1 Å². The second-order valence-electron chi connectivity index (χ2n) is 4.41. The van der Waals surface area contributed by atoms with E-state index in [1.807, 2.05) is 6.92 Å². The molecule has 0 unspecified atom stereocenters. The molecule has 1 aliphatic carbocycles. The molecule has 13 heavy (non-hydrogen) atoms. The van der Waals surface area contributed by atoms with Gasteiger partial charge in [-0.1, -0.05) is 32.9 Å². The van der Waals surface area contributed by atoms with Crippen LogP contribution in [0, 0.1) is 11.3 Å². The van der Waals surface area contributed by atoms with E-state index in [4.69, 9.17) is 5.11 Å². The predicted octanol–water partition coefficient (Wildman–Crippen LogP) is 3.09. The molecule has 0 saturated heterocycles. The van der Waals surface area contributed by atoms with Crippen LogP contribution < -0.4 is 0 Å². The summed E-state index contributed by atoms with van der Waals surface area (Å²) in [7, 11) is 0. The Bertz CT molecular complexity index is 226. The van der Waals surface area contributed by atoms with Gasteiger partial charge in [-0.05, 0) is 25.2 Å². The molecule has 0 fully saturated rings. The van der Waals surface area contributed by atoms with Gasteiger partial charge in [0.25, 0.3) is 0 Å². The van der Waals surface area contributed by atoms with E-state index in [0.29, 0.717) is 0 Å². The smallest absolute Gasteiger partial charge is 0.310 e. The van der Waals surface area contributed by atoms with Gasteiger partial charge >= 0.3 is 5.97 Å². The molecule has 2 nitrogen and oxygen atoms in total. The topological polar surface area (TPSA) is 37.3 Å². The van der Waals surface area contributed by atoms with Gasteiger partial charge in [-0.25, -0.2) is 0 Å². The molecular weight excluding hydrogens is 164 g/mol. The lowest BCUT2D eigenvalue weighted by Gasteiger charge is -2.31. The van der Waals surface area contributed by atoms with Crippen molar-refractivity contribution < 1.29 is 9.90 Å². The van der Waals surface area contributed by atoms with Gasteiger partial charge in [0, 0.05) is 0 Å². The monoisotopic (exact) mass is 184 g/mol. The Kier molecular flexibility index (Phi) is 3.71. The van der Waals surface area contributed by atoms with Crippen molar-refractivity contribution >= 4 is 5.97 Å². The number of carbonyl (C=O) groups is 1. The van der Waals surface area contributed by atoms with Crippen LogP contribution in [0.3, 0.4) is 0 Å². The van der Waals surface area contributed by atoms with Crippen LogP contribution in [0.5, 0.6) is 0 Å². The third kappa shape index (κ3) is 2.87. The Balaban J connectivity index is 0.00000144. The van der Waals surface area contributed by atoms with Crippen LogP contribution in [0.1, 0.15) is 41.0 Å². The molecule has 0 aromatic heterocycles. The first-order chi connectivity index (χ1) is 5.42. The fourth-order valence-electron chi connectivity index (χ4n) is 1.66. The Labute approximate surface area is 80.7 Å². The van der Waals surface area contributed by atoms with E-state index in [1.54, 1.807) is 0 Å². The summed E-state index contributed by atoms with van der Waals surface area (Å²) in [5, 5.41) is 8.90.